The van der Waals surface area contributed by atoms with E-state index in [1.807, 2.05) is 27.7 Å². The molecule has 0 fully saturated rings. The Kier molecular flexibility index (Phi) is 36.2. The highest BCUT2D eigenvalue weighted by molar-refractivity contribution is 8.59. The maximum absolute atomic E-state index is 5.06. The molecule has 0 saturated heterocycles. The fourth-order valence-electron chi connectivity index (χ4n) is 2.03. The maximum atomic E-state index is 5.06. The smallest absolute Gasteiger partial charge is 0.0701 e. The zero-order valence-electron chi connectivity index (χ0n) is 22.3. The van der Waals surface area contributed by atoms with Crippen LogP contribution in [-0.4, -0.2) is 47.2 Å². The molecule has 4 nitrogen and oxygen atoms in total. The zero-order valence-corrected chi connectivity index (χ0v) is 24.1. The molecule has 188 valence electrons. The van der Waals surface area contributed by atoms with Gasteiger partial charge in [-0.15, -0.1) is 23.3 Å². The summed E-state index contributed by atoms with van der Waals surface area (Å²) in [5.41, 5.74) is 4.45. The minimum atomic E-state index is 0.328. The summed E-state index contributed by atoms with van der Waals surface area (Å²) < 4.78 is 14.6. The summed E-state index contributed by atoms with van der Waals surface area (Å²) in [7, 11) is 3.30. The summed E-state index contributed by atoms with van der Waals surface area (Å²) in [5, 5.41) is 3.53. The van der Waals surface area contributed by atoms with Gasteiger partial charge in [0, 0.05) is 26.5 Å². The summed E-state index contributed by atoms with van der Waals surface area (Å²) in [4.78, 5) is 0. The third-order valence-corrected chi connectivity index (χ3v) is 3.56. The van der Waals surface area contributed by atoms with Gasteiger partial charge in [-0.1, -0.05) is 68.4 Å². The first-order valence-electron chi connectivity index (χ1n) is 11.5. The van der Waals surface area contributed by atoms with Crippen LogP contribution in [0.2, 0.25) is 0 Å². The molecule has 31 heavy (non-hydrogen) atoms. The van der Waals surface area contributed by atoms with E-state index in [0.717, 1.165) is 19.4 Å². The fourth-order valence-corrected chi connectivity index (χ4v) is 2.03. The highest BCUT2D eigenvalue weighted by atomic mass is 33.1. The number of methoxy groups -OCH3 is 2. The monoisotopic (exact) mass is 479 g/mol. The molecular weight excluding hydrogens is 426 g/mol. The Morgan fingerprint density at radius 1 is 0.742 bits per heavy atom. The first-order valence-corrected chi connectivity index (χ1v) is 13.1. The van der Waals surface area contributed by atoms with Crippen molar-refractivity contribution in [3.05, 3.63) is 29.3 Å². The molecule has 0 unspecified atom stereocenters. The number of ether oxygens (including phenoxy) is 3. The van der Waals surface area contributed by atoms with Crippen molar-refractivity contribution in [2.75, 3.05) is 52.5 Å². The van der Waals surface area contributed by atoms with Gasteiger partial charge in [0.25, 0.3) is 0 Å². The minimum Gasteiger partial charge on any atom is -0.385 e. The van der Waals surface area contributed by atoms with Gasteiger partial charge < -0.3 is 19.5 Å². The number of anilines is 1. The minimum absolute atomic E-state index is 0.328. The van der Waals surface area contributed by atoms with Gasteiger partial charge in [0.2, 0.25) is 0 Å². The number of nitrogens with one attached hydrogen (secondary N) is 1. The Labute approximate surface area is 205 Å². The molecule has 1 aromatic carbocycles. The molecule has 0 spiro atoms. The SMILES string of the molecule is CC.CC.CCc1cc(CC)cc(NCC(C)(C)C)c1.COCCOCCOC.SS. The maximum Gasteiger partial charge on any atom is 0.0701 e. The third-order valence-electron chi connectivity index (χ3n) is 3.56. The Balaban J connectivity index is -0.000000207. The van der Waals surface area contributed by atoms with E-state index in [4.69, 9.17) is 14.2 Å². The lowest BCUT2D eigenvalue weighted by Crippen LogP contribution is -2.19. The summed E-state index contributed by atoms with van der Waals surface area (Å²) in [6.45, 7) is 22.8. The fraction of sp³-hybridized carbons (Fsp3) is 0.760. The summed E-state index contributed by atoms with van der Waals surface area (Å²) >= 11 is 6.44. The highest BCUT2D eigenvalue weighted by Gasteiger charge is 2.09. The van der Waals surface area contributed by atoms with Crippen LogP contribution in [0.15, 0.2) is 18.2 Å². The molecule has 6 heteroatoms. The Bertz CT molecular complexity index is 425. The number of hydrogen-bond acceptors (Lipinski definition) is 6. The molecular formula is C25H53NO3S2. The lowest BCUT2D eigenvalue weighted by atomic mass is 9.96. The van der Waals surface area contributed by atoms with Crippen molar-refractivity contribution in [1.82, 2.24) is 0 Å². The number of aryl methyl sites for hydroxylation is 2. The van der Waals surface area contributed by atoms with Gasteiger partial charge in [-0.05, 0) is 41.5 Å². The third kappa shape index (κ3) is 29.6. The van der Waals surface area contributed by atoms with E-state index >= 15 is 0 Å². The van der Waals surface area contributed by atoms with Gasteiger partial charge in [0.05, 0.1) is 26.4 Å². The van der Waals surface area contributed by atoms with Crippen molar-refractivity contribution >= 4 is 29.0 Å². The Hall–Kier alpha value is -0.400. The average molecular weight is 480 g/mol. The van der Waals surface area contributed by atoms with Crippen molar-refractivity contribution in [3.63, 3.8) is 0 Å². The number of rotatable bonds is 10. The second-order valence-electron chi connectivity index (χ2n) is 7.26. The molecule has 1 aromatic rings. The van der Waals surface area contributed by atoms with Crippen LogP contribution < -0.4 is 5.32 Å². The molecule has 0 aliphatic carbocycles. The van der Waals surface area contributed by atoms with Crippen LogP contribution in [0.1, 0.15) is 73.4 Å². The van der Waals surface area contributed by atoms with Gasteiger partial charge in [0.15, 0.2) is 0 Å². The van der Waals surface area contributed by atoms with E-state index in [1.54, 1.807) is 14.2 Å². The molecule has 0 aliphatic rings. The predicted octanol–water partition coefficient (Wildman–Crippen LogP) is 7.38. The first kappa shape index (κ1) is 37.9. The number of benzene rings is 1. The molecule has 0 aromatic heterocycles. The van der Waals surface area contributed by atoms with Gasteiger partial charge in [-0.3, -0.25) is 0 Å². The summed E-state index contributed by atoms with van der Waals surface area (Å²) in [5.74, 6) is 0. The molecule has 0 atom stereocenters. The molecule has 0 amide bonds. The summed E-state index contributed by atoms with van der Waals surface area (Å²) in [6, 6.07) is 6.85. The van der Waals surface area contributed by atoms with Crippen LogP contribution in [0, 0.1) is 5.41 Å². The first-order chi connectivity index (χ1) is 14.9. The van der Waals surface area contributed by atoms with E-state index in [2.05, 4.69) is 81.5 Å². The van der Waals surface area contributed by atoms with Crippen LogP contribution >= 0.6 is 23.3 Å². The van der Waals surface area contributed by atoms with Crippen LogP contribution in [-0.2, 0) is 27.1 Å². The standard InChI is InChI=1S/C15H25N.C6H14O3.2C2H6.H2S2/c1-6-12-8-13(7-2)10-14(9-12)16-11-15(3,4)5;1-7-3-5-9-6-4-8-2;3*1-2/h8-10,16H,6-7,11H2,1-5H3;3-6H2,1-2H3;2*1-2H3;1-2H. The largest absolute Gasteiger partial charge is 0.385 e. The van der Waals surface area contributed by atoms with E-state index in [-0.39, 0.29) is 0 Å². The molecule has 0 aliphatic heterocycles. The van der Waals surface area contributed by atoms with E-state index < -0.39 is 0 Å². The van der Waals surface area contributed by atoms with Crippen molar-refractivity contribution in [2.24, 2.45) is 5.41 Å². The molecule has 1 rings (SSSR count). The topological polar surface area (TPSA) is 39.7 Å². The Morgan fingerprint density at radius 2 is 1.13 bits per heavy atom. The van der Waals surface area contributed by atoms with Crippen molar-refractivity contribution in [3.8, 4) is 0 Å². The normalized spacial score (nSPS) is 9.45. The second kappa shape index (κ2) is 29.6. The molecule has 0 radical (unpaired) electrons. The van der Waals surface area contributed by atoms with Crippen molar-refractivity contribution < 1.29 is 14.2 Å². The van der Waals surface area contributed by atoms with E-state index in [9.17, 15) is 0 Å². The quantitative estimate of drug-likeness (QED) is 0.186. The summed E-state index contributed by atoms with van der Waals surface area (Å²) in [6.07, 6.45) is 2.22. The Morgan fingerprint density at radius 3 is 1.42 bits per heavy atom. The van der Waals surface area contributed by atoms with Crippen LogP contribution in [0.25, 0.3) is 0 Å². The van der Waals surface area contributed by atoms with Crippen LogP contribution in [0.5, 0.6) is 0 Å². The number of thiol groups is 2. The van der Waals surface area contributed by atoms with Gasteiger partial charge in [0.1, 0.15) is 0 Å². The van der Waals surface area contributed by atoms with Crippen LogP contribution in [0.3, 0.4) is 0 Å². The zero-order chi connectivity index (χ0) is 25.1. The van der Waals surface area contributed by atoms with E-state index in [0.29, 0.717) is 31.8 Å². The van der Waals surface area contributed by atoms with Crippen molar-refractivity contribution in [1.29, 1.82) is 0 Å². The van der Waals surface area contributed by atoms with E-state index in [1.165, 1.54) is 16.8 Å². The average Bonchev–Trinajstić information content (AvgIpc) is 2.81. The molecule has 0 heterocycles. The highest BCUT2D eigenvalue weighted by Crippen LogP contribution is 2.19. The van der Waals surface area contributed by atoms with Gasteiger partial charge >= 0.3 is 0 Å². The van der Waals surface area contributed by atoms with Gasteiger partial charge in [-0.2, -0.15) is 0 Å². The lowest BCUT2D eigenvalue weighted by Gasteiger charge is -2.20. The lowest BCUT2D eigenvalue weighted by molar-refractivity contribution is 0.0385. The van der Waals surface area contributed by atoms with Crippen LogP contribution in [0.4, 0.5) is 5.69 Å². The molecule has 0 saturated carbocycles. The van der Waals surface area contributed by atoms with Crippen molar-refractivity contribution in [2.45, 2.75) is 75.2 Å². The second-order valence-corrected chi connectivity index (χ2v) is 7.26. The predicted molar refractivity (Wildman–Crippen MR) is 148 cm³/mol. The molecule has 1 N–H and O–H groups in total. The number of hydrogen-bond donors (Lipinski definition) is 3. The van der Waals surface area contributed by atoms with Gasteiger partial charge in [-0.25, -0.2) is 0 Å². The molecule has 0 bridgehead atoms.